The maximum Gasteiger partial charge on any atom is 0.0808 e. The monoisotopic (exact) mass is 188 g/mol. The summed E-state index contributed by atoms with van der Waals surface area (Å²) in [7, 11) is 0. The molecule has 0 fully saturated rings. The lowest BCUT2D eigenvalue weighted by Crippen LogP contribution is -2.20. The Morgan fingerprint density at radius 1 is 0.923 bits per heavy atom. The minimum absolute atomic E-state index is 0.316. The number of hydrogen-bond acceptors (Lipinski definition) is 2. The van der Waals surface area contributed by atoms with Crippen LogP contribution in [0.5, 0.6) is 0 Å². The van der Waals surface area contributed by atoms with E-state index >= 15 is 0 Å². The SMILES string of the molecule is CCCOCC(CCC)OCCC. The molecular weight excluding hydrogens is 164 g/mol. The molecule has 0 aromatic carbocycles. The highest BCUT2D eigenvalue weighted by Crippen LogP contribution is 2.03. The van der Waals surface area contributed by atoms with Gasteiger partial charge in [-0.05, 0) is 19.3 Å². The van der Waals surface area contributed by atoms with Crippen LogP contribution in [0.2, 0.25) is 0 Å². The van der Waals surface area contributed by atoms with Crippen LogP contribution in [0.25, 0.3) is 0 Å². The summed E-state index contributed by atoms with van der Waals surface area (Å²) in [4.78, 5) is 0. The van der Waals surface area contributed by atoms with Gasteiger partial charge < -0.3 is 9.47 Å². The third-order valence-corrected chi connectivity index (χ3v) is 1.82. The second-order valence-electron chi connectivity index (χ2n) is 3.36. The minimum atomic E-state index is 0.316. The summed E-state index contributed by atoms with van der Waals surface area (Å²) in [6, 6.07) is 0. The van der Waals surface area contributed by atoms with E-state index in [0.717, 1.165) is 39.1 Å². The van der Waals surface area contributed by atoms with Gasteiger partial charge in [-0.15, -0.1) is 0 Å². The third-order valence-electron chi connectivity index (χ3n) is 1.82. The Balaban J connectivity index is 3.41. The molecule has 0 radical (unpaired) electrons. The van der Waals surface area contributed by atoms with Gasteiger partial charge in [0.05, 0.1) is 12.7 Å². The number of rotatable bonds is 9. The molecular formula is C11H24O2. The summed E-state index contributed by atoms with van der Waals surface area (Å²) < 4.78 is 11.1. The molecule has 80 valence electrons. The van der Waals surface area contributed by atoms with Crippen molar-refractivity contribution in [3.8, 4) is 0 Å². The average molecular weight is 188 g/mol. The molecule has 0 saturated heterocycles. The van der Waals surface area contributed by atoms with Crippen molar-refractivity contribution in [2.45, 2.75) is 52.6 Å². The molecule has 0 heterocycles. The van der Waals surface area contributed by atoms with Crippen LogP contribution in [0, 0.1) is 0 Å². The van der Waals surface area contributed by atoms with Crippen LogP contribution in [0.3, 0.4) is 0 Å². The fraction of sp³-hybridized carbons (Fsp3) is 1.00. The minimum Gasteiger partial charge on any atom is -0.379 e. The molecule has 0 spiro atoms. The van der Waals surface area contributed by atoms with Gasteiger partial charge in [-0.25, -0.2) is 0 Å². The largest absolute Gasteiger partial charge is 0.379 e. The van der Waals surface area contributed by atoms with E-state index in [9.17, 15) is 0 Å². The Morgan fingerprint density at radius 2 is 1.62 bits per heavy atom. The molecule has 13 heavy (non-hydrogen) atoms. The van der Waals surface area contributed by atoms with Crippen LogP contribution in [0.1, 0.15) is 46.5 Å². The van der Waals surface area contributed by atoms with E-state index in [2.05, 4.69) is 20.8 Å². The van der Waals surface area contributed by atoms with Gasteiger partial charge in [0.2, 0.25) is 0 Å². The highest BCUT2D eigenvalue weighted by Gasteiger charge is 2.06. The van der Waals surface area contributed by atoms with Gasteiger partial charge in [0.1, 0.15) is 0 Å². The first kappa shape index (κ1) is 12.9. The van der Waals surface area contributed by atoms with Crippen molar-refractivity contribution in [2.75, 3.05) is 19.8 Å². The van der Waals surface area contributed by atoms with Crippen molar-refractivity contribution in [1.82, 2.24) is 0 Å². The third kappa shape index (κ3) is 8.26. The number of ether oxygens (including phenoxy) is 2. The van der Waals surface area contributed by atoms with E-state index in [1.165, 1.54) is 6.42 Å². The first-order chi connectivity index (χ1) is 6.35. The summed E-state index contributed by atoms with van der Waals surface area (Å²) >= 11 is 0. The molecule has 2 heteroatoms. The Kier molecular flexibility index (Phi) is 9.94. The van der Waals surface area contributed by atoms with Crippen LogP contribution in [0.15, 0.2) is 0 Å². The summed E-state index contributed by atoms with van der Waals surface area (Å²) in [5.74, 6) is 0. The van der Waals surface area contributed by atoms with Crippen molar-refractivity contribution in [3.63, 3.8) is 0 Å². The molecule has 0 aliphatic rings. The molecule has 0 N–H and O–H groups in total. The quantitative estimate of drug-likeness (QED) is 0.518. The van der Waals surface area contributed by atoms with Crippen molar-refractivity contribution >= 4 is 0 Å². The summed E-state index contributed by atoms with van der Waals surface area (Å²) in [5.41, 5.74) is 0. The first-order valence-electron chi connectivity index (χ1n) is 5.54. The average Bonchev–Trinajstić information content (AvgIpc) is 2.14. The molecule has 0 aromatic rings. The maximum atomic E-state index is 5.65. The predicted octanol–water partition coefficient (Wildman–Crippen LogP) is 3.01. The van der Waals surface area contributed by atoms with Gasteiger partial charge in [0.25, 0.3) is 0 Å². The normalized spacial score (nSPS) is 13.2. The molecule has 0 saturated carbocycles. The number of hydrogen-bond donors (Lipinski definition) is 0. The molecule has 0 bridgehead atoms. The summed E-state index contributed by atoms with van der Waals surface area (Å²) in [6.45, 7) is 8.93. The Morgan fingerprint density at radius 3 is 2.15 bits per heavy atom. The highest BCUT2D eigenvalue weighted by atomic mass is 16.5. The van der Waals surface area contributed by atoms with Crippen LogP contribution >= 0.6 is 0 Å². The fourth-order valence-corrected chi connectivity index (χ4v) is 1.18. The van der Waals surface area contributed by atoms with Crippen molar-refractivity contribution in [1.29, 1.82) is 0 Å². The van der Waals surface area contributed by atoms with E-state index < -0.39 is 0 Å². The van der Waals surface area contributed by atoms with E-state index in [1.54, 1.807) is 0 Å². The van der Waals surface area contributed by atoms with Crippen molar-refractivity contribution < 1.29 is 9.47 Å². The first-order valence-corrected chi connectivity index (χ1v) is 5.54. The molecule has 2 nitrogen and oxygen atoms in total. The summed E-state index contributed by atoms with van der Waals surface area (Å²) in [5, 5.41) is 0. The molecule has 0 aliphatic carbocycles. The topological polar surface area (TPSA) is 18.5 Å². The second-order valence-corrected chi connectivity index (χ2v) is 3.36. The molecule has 1 unspecified atom stereocenters. The standard InChI is InChI=1S/C11H24O2/c1-4-7-11(13-9-6-3)10-12-8-5-2/h11H,4-10H2,1-3H3. The lowest BCUT2D eigenvalue weighted by molar-refractivity contribution is -0.0203. The van der Waals surface area contributed by atoms with Crippen LogP contribution < -0.4 is 0 Å². The second kappa shape index (κ2) is 10.0. The van der Waals surface area contributed by atoms with Gasteiger partial charge in [0, 0.05) is 13.2 Å². The van der Waals surface area contributed by atoms with E-state index in [-0.39, 0.29) is 0 Å². The van der Waals surface area contributed by atoms with Crippen molar-refractivity contribution in [3.05, 3.63) is 0 Å². The summed E-state index contributed by atoms with van der Waals surface area (Å²) in [6.07, 6.45) is 4.78. The predicted molar refractivity (Wildman–Crippen MR) is 56.0 cm³/mol. The molecule has 1 atom stereocenters. The fourth-order valence-electron chi connectivity index (χ4n) is 1.18. The van der Waals surface area contributed by atoms with Crippen molar-refractivity contribution in [2.24, 2.45) is 0 Å². The van der Waals surface area contributed by atoms with E-state index in [0.29, 0.717) is 6.10 Å². The molecule has 0 aromatic heterocycles. The zero-order chi connectivity index (χ0) is 9.94. The zero-order valence-electron chi connectivity index (χ0n) is 9.34. The molecule has 0 amide bonds. The van der Waals surface area contributed by atoms with Crippen LogP contribution in [-0.2, 0) is 9.47 Å². The van der Waals surface area contributed by atoms with Gasteiger partial charge in [0.15, 0.2) is 0 Å². The van der Waals surface area contributed by atoms with Gasteiger partial charge >= 0.3 is 0 Å². The molecule has 0 aliphatic heterocycles. The Labute approximate surface area is 82.6 Å². The van der Waals surface area contributed by atoms with Gasteiger partial charge in [-0.3, -0.25) is 0 Å². The lowest BCUT2D eigenvalue weighted by atomic mass is 10.2. The van der Waals surface area contributed by atoms with E-state index in [4.69, 9.17) is 9.47 Å². The van der Waals surface area contributed by atoms with Gasteiger partial charge in [-0.1, -0.05) is 27.2 Å². The highest BCUT2D eigenvalue weighted by molar-refractivity contribution is 4.55. The van der Waals surface area contributed by atoms with Crippen LogP contribution in [-0.4, -0.2) is 25.9 Å². The lowest BCUT2D eigenvalue weighted by Gasteiger charge is -2.16. The van der Waals surface area contributed by atoms with Gasteiger partial charge in [-0.2, -0.15) is 0 Å². The zero-order valence-corrected chi connectivity index (χ0v) is 9.34. The Hall–Kier alpha value is -0.0800. The maximum absolute atomic E-state index is 5.65. The smallest absolute Gasteiger partial charge is 0.0808 e. The molecule has 0 rings (SSSR count). The van der Waals surface area contributed by atoms with Crippen LogP contribution in [0.4, 0.5) is 0 Å². The van der Waals surface area contributed by atoms with E-state index in [1.807, 2.05) is 0 Å². The Bertz CT molecular complexity index is 94.1.